The third-order valence-electron chi connectivity index (χ3n) is 3.66. The smallest absolute Gasteiger partial charge is 0.315 e. The van der Waals surface area contributed by atoms with Crippen LogP contribution in [0.15, 0.2) is 28.9 Å². The summed E-state index contributed by atoms with van der Waals surface area (Å²) in [5, 5.41) is 11.2. The third-order valence-corrected chi connectivity index (χ3v) is 3.66. The summed E-state index contributed by atoms with van der Waals surface area (Å²) >= 11 is 0. The van der Waals surface area contributed by atoms with Gasteiger partial charge in [0.2, 0.25) is 5.89 Å². The Hall–Kier alpha value is -1.91. The quantitative estimate of drug-likeness (QED) is 0.610. The van der Waals surface area contributed by atoms with Crippen molar-refractivity contribution in [1.29, 1.82) is 0 Å². The number of anilines is 1. The molecule has 2 aromatic heterocycles. The topological polar surface area (TPSA) is 63.8 Å². The van der Waals surface area contributed by atoms with Crippen molar-refractivity contribution >= 4 is 6.01 Å². The molecule has 5 heteroatoms. The van der Waals surface area contributed by atoms with Crippen molar-refractivity contribution < 1.29 is 4.42 Å². The molecule has 1 N–H and O–H groups in total. The fraction of sp³-hybridized carbons (Fsp3) is 0.588. The van der Waals surface area contributed by atoms with E-state index in [4.69, 9.17) is 4.42 Å². The molecule has 2 aromatic rings. The van der Waals surface area contributed by atoms with Crippen molar-refractivity contribution in [2.24, 2.45) is 0 Å². The number of hydrogen-bond acceptors (Lipinski definition) is 5. The lowest BCUT2D eigenvalue weighted by molar-refractivity contribution is 0.565. The SMILES string of the molecule is CCCCCCCCCCNc1nnc(-c2ccncc2)o1. The Morgan fingerprint density at radius 2 is 1.59 bits per heavy atom. The van der Waals surface area contributed by atoms with Gasteiger partial charge in [0.1, 0.15) is 0 Å². The first kappa shape index (κ1) is 16.5. The molecular weight excluding hydrogens is 276 g/mol. The maximum atomic E-state index is 5.58. The molecule has 0 spiro atoms. The molecule has 0 bridgehead atoms. The molecule has 0 aromatic carbocycles. The van der Waals surface area contributed by atoms with Crippen LogP contribution in [-0.4, -0.2) is 21.7 Å². The Labute approximate surface area is 132 Å². The number of pyridine rings is 1. The zero-order chi connectivity index (χ0) is 15.5. The number of unbranched alkanes of at least 4 members (excludes halogenated alkanes) is 7. The minimum atomic E-state index is 0.495. The van der Waals surface area contributed by atoms with E-state index >= 15 is 0 Å². The van der Waals surface area contributed by atoms with E-state index in [1.54, 1.807) is 12.4 Å². The molecule has 0 aliphatic carbocycles. The molecule has 0 radical (unpaired) electrons. The number of hydrogen-bond donors (Lipinski definition) is 1. The lowest BCUT2D eigenvalue weighted by Gasteiger charge is -2.02. The van der Waals surface area contributed by atoms with E-state index in [9.17, 15) is 0 Å². The summed E-state index contributed by atoms with van der Waals surface area (Å²) in [6.45, 7) is 3.14. The van der Waals surface area contributed by atoms with Gasteiger partial charge in [-0.3, -0.25) is 4.98 Å². The number of nitrogens with zero attached hydrogens (tertiary/aromatic N) is 3. The monoisotopic (exact) mass is 302 g/mol. The highest BCUT2D eigenvalue weighted by Crippen LogP contribution is 2.18. The van der Waals surface area contributed by atoms with Crippen LogP contribution in [0.2, 0.25) is 0 Å². The van der Waals surface area contributed by atoms with Gasteiger partial charge in [-0.25, -0.2) is 0 Å². The second-order valence-corrected chi connectivity index (χ2v) is 5.55. The van der Waals surface area contributed by atoms with E-state index in [1.165, 1.54) is 44.9 Å². The number of rotatable bonds is 11. The van der Waals surface area contributed by atoms with E-state index in [1.807, 2.05) is 12.1 Å². The molecule has 0 atom stereocenters. The van der Waals surface area contributed by atoms with Crippen LogP contribution in [0, 0.1) is 0 Å². The van der Waals surface area contributed by atoms with Crippen LogP contribution < -0.4 is 5.32 Å². The zero-order valence-electron chi connectivity index (χ0n) is 13.4. The fourth-order valence-electron chi connectivity index (χ4n) is 2.36. The van der Waals surface area contributed by atoms with E-state index in [0.29, 0.717) is 11.9 Å². The van der Waals surface area contributed by atoms with E-state index in [2.05, 4.69) is 27.4 Å². The normalized spacial score (nSPS) is 10.8. The Morgan fingerprint density at radius 3 is 2.32 bits per heavy atom. The Balaban J connectivity index is 1.57. The summed E-state index contributed by atoms with van der Waals surface area (Å²) in [6.07, 6.45) is 13.9. The molecule has 0 unspecified atom stereocenters. The first-order valence-electron chi connectivity index (χ1n) is 8.38. The summed E-state index contributed by atoms with van der Waals surface area (Å²) in [5.74, 6) is 0.529. The first-order chi connectivity index (χ1) is 10.9. The van der Waals surface area contributed by atoms with Gasteiger partial charge in [0, 0.05) is 24.5 Å². The summed E-state index contributed by atoms with van der Waals surface area (Å²) in [5.41, 5.74) is 0.891. The first-order valence-corrected chi connectivity index (χ1v) is 8.38. The van der Waals surface area contributed by atoms with Gasteiger partial charge in [0.15, 0.2) is 0 Å². The van der Waals surface area contributed by atoms with E-state index in [-0.39, 0.29) is 0 Å². The average molecular weight is 302 g/mol. The van der Waals surface area contributed by atoms with Crippen molar-refractivity contribution in [1.82, 2.24) is 15.2 Å². The standard InChI is InChI=1S/C17H26N4O/c1-2-3-4-5-6-7-8-9-12-19-17-21-20-16(22-17)15-10-13-18-14-11-15/h10-11,13-14H,2-9,12H2,1H3,(H,19,21). The van der Waals surface area contributed by atoms with Gasteiger partial charge in [-0.1, -0.05) is 57.0 Å². The average Bonchev–Trinajstić information content (AvgIpc) is 3.03. The Bertz CT molecular complexity index is 512. The molecule has 0 fully saturated rings. The van der Waals surface area contributed by atoms with Crippen LogP contribution in [0.5, 0.6) is 0 Å². The van der Waals surface area contributed by atoms with Crippen LogP contribution in [0.1, 0.15) is 58.3 Å². The van der Waals surface area contributed by atoms with Gasteiger partial charge >= 0.3 is 6.01 Å². The van der Waals surface area contributed by atoms with Gasteiger partial charge < -0.3 is 9.73 Å². The van der Waals surface area contributed by atoms with Crippen molar-refractivity contribution in [2.75, 3.05) is 11.9 Å². The number of aromatic nitrogens is 3. The second-order valence-electron chi connectivity index (χ2n) is 5.55. The summed E-state index contributed by atoms with van der Waals surface area (Å²) in [4.78, 5) is 3.97. The van der Waals surface area contributed by atoms with Gasteiger partial charge in [-0.15, -0.1) is 5.10 Å². The second kappa shape index (κ2) is 9.92. The van der Waals surface area contributed by atoms with Crippen LogP contribution in [-0.2, 0) is 0 Å². The van der Waals surface area contributed by atoms with Gasteiger partial charge in [-0.2, -0.15) is 0 Å². The minimum absolute atomic E-state index is 0.495. The molecule has 22 heavy (non-hydrogen) atoms. The highest BCUT2D eigenvalue weighted by molar-refractivity contribution is 5.51. The van der Waals surface area contributed by atoms with E-state index < -0.39 is 0 Å². The van der Waals surface area contributed by atoms with Gasteiger partial charge in [0.05, 0.1) is 0 Å². The van der Waals surface area contributed by atoms with Crippen molar-refractivity contribution in [3.05, 3.63) is 24.5 Å². The summed E-state index contributed by atoms with van der Waals surface area (Å²) < 4.78 is 5.58. The largest absolute Gasteiger partial charge is 0.403 e. The molecule has 2 rings (SSSR count). The van der Waals surface area contributed by atoms with Crippen LogP contribution in [0.3, 0.4) is 0 Å². The van der Waals surface area contributed by atoms with Crippen LogP contribution in [0.25, 0.3) is 11.5 Å². The lowest BCUT2D eigenvalue weighted by Crippen LogP contribution is -2.01. The third kappa shape index (κ3) is 5.84. The predicted molar refractivity (Wildman–Crippen MR) is 88.6 cm³/mol. The van der Waals surface area contributed by atoms with Crippen molar-refractivity contribution in [3.8, 4) is 11.5 Å². The van der Waals surface area contributed by atoms with Crippen molar-refractivity contribution in [2.45, 2.75) is 58.3 Å². The maximum Gasteiger partial charge on any atom is 0.315 e. The predicted octanol–water partition coefficient (Wildman–Crippen LogP) is 4.68. The highest BCUT2D eigenvalue weighted by Gasteiger charge is 2.07. The molecule has 0 saturated heterocycles. The fourth-order valence-corrected chi connectivity index (χ4v) is 2.36. The molecule has 2 heterocycles. The molecule has 0 amide bonds. The summed E-state index contributed by atoms with van der Waals surface area (Å²) in [6, 6.07) is 4.21. The minimum Gasteiger partial charge on any atom is -0.403 e. The number of nitrogens with one attached hydrogen (secondary N) is 1. The molecular formula is C17H26N4O. The molecule has 0 aliphatic heterocycles. The Morgan fingerprint density at radius 1 is 0.909 bits per heavy atom. The maximum absolute atomic E-state index is 5.58. The molecule has 5 nitrogen and oxygen atoms in total. The lowest BCUT2D eigenvalue weighted by atomic mass is 10.1. The molecule has 0 saturated carbocycles. The highest BCUT2D eigenvalue weighted by atomic mass is 16.4. The molecule has 120 valence electrons. The van der Waals surface area contributed by atoms with Crippen molar-refractivity contribution in [3.63, 3.8) is 0 Å². The van der Waals surface area contributed by atoms with E-state index in [0.717, 1.165) is 18.5 Å². The van der Waals surface area contributed by atoms with Crippen LogP contribution >= 0.6 is 0 Å². The van der Waals surface area contributed by atoms with Crippen LogP contribution in [0.4, 0.5) is 6.01 Å². The zero-order valence-corrected chi connectivity index (χ0v) is 13.4. The Kier molecular flexibility index (Phi) is 7.43. The molecule has 0 aliphatic rings. The van der Waals surface area contributed by atoms with Gasteiger partial charge in [0.25, 0.3) is 0 Å². The summed E-state index contributed by atoms with van der Waals surface area (Å²) in [7, 11) is 0. The van der Waals surface area contributed by atoms with Gasteiger partial charge in [-0.05, 0) is 18.6 Å².